The number of nitrogens with one attached hydrogen (secondary N) is 2. The van der Waals surface area contributed by atoms with Crippen LogP contribution in [0.25, 0.3) is 5.57 Å². The zero-order valence-corrected chi connectivity index (χ0v) is 12.8. The van der Waals surface area contributed by atoms with E-state index in [4.69, 9.17) is 33.0 Å². The third kappa shape index (κ3) is 3.52. The molecule has 0 amide bonds. The third-order valence-corrected chi connectivity index (χ3v) is 4.01. The quantitative estimate of drug-likeness (QED) is 0.551. The number of aromatic amines is 1. The van der Waals surface area contributed by atoms with Gasteiger partial charge in [0.1, 0.15) is 16.5 Å². The highest BCUT2D eigenvalue weighted by Gasteiger charge is 2.17. The monoisotopic (exact) mass is 360 g/mol. The van der Waals surface area contributed by atoms with E-state index in [0.717, 1.165) is 6.07 Å². The van der Waals surface area contributed by atoms with Gasteiger partial charge >= 0.3 is 0 Å². The van der Waals surface area contributed by atoms with Crippen molar-refractivity contribution in [3.8, 4) is 6.07 Å². The van der Waals surface area contributed by atoms with Crippen LogP contribution in [-0.4, -0.2) is 33.6 Å². The first kappa shape index (κ1) is 16.2. The van der Waals surface area contributed by atoms with Gasteiger partial charge in [-0.3, -0.25) is 4.55 Å². The zero-order valence-electron chi connectivity index (χ0n) is 10.4. The van der Waals surface area contributed by atoms with Crippen LogP contribution in [0.1, 0.15) is 5.82 Å². The first-order valence-corrected chi connectivity index (χ1v) is 7.59. The molecule has 2 rings (SSSR count). The van der Waals surface area contributed by atoms with Crippen LogP contribution in [0.2, 0.25) is 10.0 Å². The maximum absolute atomic E-state index is 11.1. The fourth-order valence-electron chi connectivity index (χ4n) is 1.41. The van der Waals surface area contributed by atoms with Gasteiger partial charge < -0.3 is 5.32 Å². The molecule has 2 aromatic rings. The van der Waals surface area contributed by atoms with Gasteiger partial charge in [-0.05, 0) is 17.3 Å². The van der Waals surface area contributed by atoms with Crippen molar-refractivity contribution in [3.63, 3.8) is 0 Å². The first-order chi connectivity index (χ1) is 10.3. The Morgan fingerprint density at radius 1 is 1.41 bits per heavy atom. The Bertz CT molecular complexity index is 873. The molecule has 0 aliphatic rings. The Labute approximate surface area is 134 Å². The van der Waals surface area contributed by atoms with Crippen LogP contribution in [0.4, 0.5) is 5.69 Å². The van der Waals surface area contributed by atoms with E-state index in [-0.39, 0.29) is 27.1 Å². The summed E-state index contributed by atoms with van der Waals surface area (Å²) >= 11 is 11.7. The molecule has 1 heterocycles. The van der Waals surface area contributed by atoms with Crippen LogP contribution in [0, 0.1) is 11.3 Å². The van der Waals surface area contributed by atoms with Crippen molar-refractivity contribution in [3.05, 3.63) is 34.2 Å². The number of H-pyrrole nitrogens is 1. The average molecular weight is 361 g/mol. The molecule has 0 aliphatic carbocycles. The molecule has 1 aromatic heterocycles. The minimum atomic E-state index is -4.49. The molecule has 9 nitrogen and oxygen atoms in total. The molecule has 0 fully saturated rings. The molecule has 0 spiro atoms. The second kappa shape index (κ2) is 6.29. The summed E-state index contributed by atoms with van der Waals surface area (Å²) in [5, 5.41) is 24.2. The summed E-state index contributed by atoms with van der Waals surface area (Å²) in [5.74, 6) is 0.0618. The Balaban J connectivity index is 2.36. The van der Waals surface area contributed by atoms with Gasteiger partial charge in [0.25, 0.3) is 10.1 Å². The van der Waals surface area contributed by atoms with Crippen molar-refractivity contribution in [1.29, 1.82) is 5.26 Å². The number of halogens is 2. The van der Waals surface area contributed by atoms with Crippen molar-refractivity contribution in [2.24, 2.45) is 0 Å². The molecule has 22 heavy (non-hydrogen) atoms. The van der Waals surface area contributed by atoms with Gasteiger partial charge in [0.05, 0.1) is 15.7 Å². The number of hydrogen-bond acceptors (Lipinski definition) is 7. The van der Waals surface area contributed by atoms with Gasteiger partial charge in [-0.2, -0.15) is 18.9 Å². The van der Waals surface area contributed by atoms with E-state index in [1.807, 2.05) is 6.07 Å². The Hall–Kier alpha value is -2.19. The molecule has 1 aromatic carbocycles. The molecule has 12 heteroatoms. The lowest BCUT2D eigenvalue weighted by Gasteiger charge is -2.08. The fourth-order valence-corrected chi connectivity index (χ4v) is 2.72. The maximum atomic E-state index is 11.1. The number of aromatic nitrogens is 4. The molecule has 0 atom stereocenters. The number of hydrogen-bond donors (Lipinski definition) is 3. The summed E-state index contributed by atoms with van der Waals surface area (Å²) in [6, 6.07) is 4.02. The molecule has 114 valence electrons. The number of allylic oxidation sites excluding steroid dienone is 1. The summed E-state index contributed by atoms with van der Waals surface area (Å²) in [5.41, 5.74) is 0.273. The number of tetrazole rings is 1. The van der Waals surface area contributed by atoms with Crippen LogP contribution >= 0.6 is 23.2 Å². The Kier molecular flexibility index (Phi) is 4.62. The van der Waals surface area contributed by atoms with E-state index in [1.54, 1.807) is 0 Å². The maximum Gasteiger partial charge on any atom is 0.296 e. The molecule has 0 aliphatic heterocycles. The second-order valence-corrected chi connectivity index (χ2v) is 5.99. The van der Waals surface area contributed by atoms with Gasteiger partial charge in [-0.1, -0.05) is 23.2 Å². The van der Waals surface area contributed by atoms with Crippen molar-refractivity contribution in [2.45, 2.75) is 4.90 Å². The predicted octanol–water partition coefficient (Wildman–Crippen LogP) is 1.73. The highest BCUT2D eigenvalue weighted by molar-refractivity contribution is 7.86. The zero-order chi connectivity index (χ0) is 16.3. The number of nitrogens with zero attached hydrogens (tertiary/aromatic N) is 4. The highest BCUT2D eigenvalue weighted by atomic mass is 35.5. The summed E-state index contributed by atoms with van der Waals surface area (Å²) in [6.07, 6.45) is 1.25. The van der Waals surface area contributed by atoms with E-state index in [0.29, 0.717) is 0 Å². The Morgan fingerprint density at radius 2 is 2.14 bits per heavy atom. The predicted molar refractivity (Wildman–Crippen MR) is 77.7 cm³/mol. The number of rotatable bonds is 4. The number of nitriles is 1. The van der Waals surface area contributed by atoms with Crippen molar-refractivity contribution in [1.82, 2.24) is 20.6 Å². The lowest BCUT2D eigenvalue weighted by atomic mass is 10.3. The minimum Gasteiger partial charge on any atom is -0.359 e. The van der Waals surface area contributed by atoms with Crippen LogP contribution in [0.3, 0.4) is 0 Å². The number of anilines is 1. The smallest absolute Gasteiger partial charge is 0.296 e. The minimum absolute atomic E-state index is 0.0290. The van der Waals surface area contributed by atoms with Crippen molar-refractivity contribution in [2.75, 3.05) is 5.32 Å². The van der Waals surface area contributed by atoms with Gasteiger partial charge in [-0.15, -0.1) is 10.2 Å². The molecule has 0 saturated heterocycles. The molecule has 0 unspecified atom stereocenters. The summed E-state index contributed by atoms with van der Waals surface area (Å²) in [4.78, 5) is -0.521. The van der Waals surface area contributed by atoms with Crippen LogP contribution in [0.5, 0.6) is 0 Å². The Morgan fingerprint density at radius 3 is 2.68 bits per heavy atom. The van der Waals surface area contributed by atoms with Gasteiger partial charge in [0.2, 0.25) is 5.82 Å². The molecule has 0 saturated carbocycles. The van der Waals surface area contributed by atoms with Gasteiger partial charge in [-0.25, -0.2) is 0 Å². The van der Waals surface area contributed by atoms with E-state index in [9.17, 15) is 8.42 Å². The van der Waals surface area contributed by atoms with Crippen LogP contribution < -0.4 is 5.32 Å². The van der Waals surface area contributed by atoms with Crippen molar-refractivity contribution >= 4 is 44.6 Å². The lowest BCUT2D eigenvalue weighted by molar-refractivity contribution is 0.483. The number of benzene rings is 1. The summed E-state index contributed by atoms with van der Waals surface area (Å²) in [6.45, 7) is 0. The van der Waals surface area contributed by atoms with Crippen LogP contribution in [0.15, 0.2) is 23.2 Å². The summed E-state index contributed by atoms with van der Waals surface area (Å²) < 4.78 is 31.2. The fraction of sp³-hybridized carbons (Fsp3) is 0. The first-order valence-electron chi connectivity index (χ1n) is 5.40. The summed E-state index contributed by atoms with van der Waals surface area (Å²) in [7, 11) is -4.49. The van der Waals surface area contributed by atoms with E-state index in [2.05, 4.69) is 25.9 Å². The second-order valence-electron chi connectivity index (χ2n) is 3.79. The molecule has 0 radical (unpaired) electrons. The highest BCUT2D eigenvalue weighted by Crippen LogP contribution is 2.32. The average Bonchev–Trinajstić information content (AvgIpc) is 2.95. The van der Waals surface area contributed by atoms with E-state index < -0.39 is 15.0 Å². The standard InChI is InChI=1S/C10H6Cl2N6O3S/c11-6-2-9(22(19,20)21)7(12)1-8(6)14-4-5(3-13)10-15-17-18-16-10/h1-2,4,14H,(H,19,20,21)(H,15,16,17,18). The van der Waals surface area contributed by atoms with Crippen LogP contribution in [-0.2, 0) is 10.1 Å². The normalized spacial score (nSPS) is 12.0. The van der Waals surface area contributed by atoms with Gasteiger partial charge in [0.15, 0.2) is 0 Å². The van der Waals surface area contributed by atoms with Gasteiger partial charge in [0, 0.05) is 6.20 Å². The third-order valence-electron chi connectivity index (χ3n) is 2.38. The molecule has 3 N–H and O–H groups in total. The molecular formula is C10H6Cl2N6O3S. The topological polar surface area (TPSA) is 145 Å². The largest absolute Gasteiger partial charge is 0.359 e. The van der Waals surface area contributed by atoms with E-state index in [1.165, 1.54) is 12.3 Å². The van der Waals surface area contributed by atoms with E-state index >= 15 is 0 Å². The SMILES string of the molecule is N#CC(=CNc1cc(Cl)c(S(=O)(=O)O)cc1Cl)c1nn[nH]n1. The van der Waals surface area contributed by atoms with Crippen molar-refractivity contribution < 1.29 is 13.0 Å². The lowest BCUT2D eigenvalue weighted by Crippen LogP contribution is -2.01. The molecular weight excluding hydrogens is 355 g/mol. The molecule has 0 bridgehead atoms.